The lowest BCUT2D eigenvalue weighted by Crippen LogP contribution is -2.51. The summed E-state index contributed by atoms with van der Waals surface area (Å²) in [6.07, 6.45) is 10.7. The first-order valence-corrected chi connectivity index (χ1v) is 10.2. The van der Waals surface area contributed by atoms with Crippen molar-refractivity contribution in [3.63, 3.8) is 0 Å². The Morgan fingerprint density at radius 2 is 1.64 bits per heavy atom. The molecule has 3 aliphatic rings. The Hall–Kier alpha value is -1.06. The molecule has 3 rings (SSSR count). The topological polar surface area (TPSA) is 74.6 Å². The van der Waals surface area contributed by atoms with Crippen molar-refractivity contribution in [3.05, 3.63) is 0 Å². The fraction of sp³-hybridized carbons (Fsp3) is 0.905. The Bertz CT molecular complexity index is 530. The van der Waals surface area contributed by atoms with Crippen molar-refractivity contribution >= 4 is 11.9 Å². The molecule has 0 spiro atoms. The van der Waals surface area contributed by atoms with Crippen molar-refractivity contribution in [1.29, 1.82) is 0 Å². The lowest BCUT2D eigenvalue weighted by atomic mass is 9.46. The van der Waals surface area contributed by atoms with Crippen molar-refractivity contribution in [2.24, 2.45) is 34.5 Å². The van der Waals surface area contributed by atoms with Crippen LogP contribution in [0.3, 0.4) is 0 Å². The van der Waals surface area contributed by atoms with Crippen LogP contribution in [-0.2, 0) is 9.59 Å². The van der Waals surface area contributed by atoms with Crippen molar-refractivity contribution in [1.82, 2.24) is 0 Å². The monoisotopic (exact) mass is 350 g/mol. The van der Waals surface area contributed by atoms with E-state index in [0.29, 0.717) is 30.1 Å². The second-order valence-corrected chi connectivity index (χ2v) is 9.57. The molecule has 3 fully saturated rings. The van der Waals surface area contributed by atoms with Crippen molar-refractivity contribution in [2.45, 2.75) is 84.5 Å². The predicted octanol–water partition coefficient (Wildman–Crippen LogP) is 4.96. The highest BCUT2D eigenvalue weighted by Crippen LogP contribution is 2.65. The van der Waals surface area contributed by atoms with E-state index in [1.165, 1.54) is 38.5 Å². The van der Waals surface area contributed by atoms with Crippen LogP contribution in [-0.4, -0.2) is 22.2 Å². The summed E-state index contributed by atoms with van der Waals surface area (Å²) in [6.45, 7) is 4.77. The molecular formula is C21H34O4. The summed E-state index contributed by atoms with van der Waals surface area (Å²) >= 11 is 0. The van der Waals surface area contributed by atoms with Crippen LogP contribution < -0.4 is 0 Å². The van der Waals surface area contributed by atoms with Gasteiger partial charge >= 0.3 is 11.9 Å². The van der Waals surface area contributed by atoms with Crippen LogP contribution in [0.5, 0.6) is 0 Å². The van der Waals surface area contributed by atoms with Crippen LogP contribution in [0.1, 0.15) is 84.5 Å². The summed E-state index contributed by atoms with van der Waals surface area (Å²) < 4.78 is 0. The maximum absolute atomic E-state index is 11.3. The molecule has 4 heteroatoms. The molecule has 3 aliphatic carbocycles. The van der Waals surface area contributed by atoms with E-state index in [1.807, 2.05) is 0 Å². The predicted molar refractivity (Wildman–Crippen MR) is 96.2 cm³/mol. The van der Waals surface area contributed by atoms with E-state index in [9.17, 15) is 14.7 Å². The number of hydrogen-bond acceptors (Lipinski definition) is 2. The quantitative estimate of drug-likeness (QED) is 0.709. The third kappa shape index (κ3) is 3.46. The third-order valence-electron chi connectivity index (χ3n) is 8.43. The van der Waals surface area contributed by atoms with Crippen LogP contribution in [0.25, 0.3) is 0 Å². The number of carboxylic acid groups (broad SMARTS) is 2. The van der Waals surface area contributed by atoms with Gasteiger partial charge in [-0.2, -0.15) is 0 Å². The van der Waals surface area contributed by atoms with Gasteiger partial charge < -0.3 is 10.2 Å². The molecule has 4 nitrogen and oxygen atoms in total. The average molecular weight is 350 g/mol. The van der Waals surface area contributed by atoms with Crippen molar-refractivity contribution in [3.8, 4) is 0 Å². The molecule has 0 aromatic rings. The lowest BCUT2D eigenvalue weighted by Gasteiger charge is -2.58. The van der Waals surface area contributed by atoms with Crippen LogP contribution in [0.4, 0.5) is 0 Å². The molecule has 0 heterocycles. The number of fused-ring (bicyclic) bond motifs is 3. The Labute approximate surface area is 151 Å². The van der Waals surface area contributed by atoms with Gasteiger partial charge in [-0.3, -0.25) is 9.59 Å². The largest absolute Gasteiger partial charge is 0.481 e. The number of aliphatic carboxylic acids is 2. The normalized spacial score (nSPS) is 43.3. The Balaban J connectivity index is 1.83. The maximum Gasteiger partial charge on any atom is 0.303 e. The van der Waals surface area contributed by atoms with Gasteiger partial charge in [0.15, 0.2) is 0 Å². The van der Waals surface area contributed by atoms with Gasteiger partial charge in [-0.05, 0) is 85.9 Å². The first-order chi connectivity index (χ1) is 11.8. The van der Waals surface area contributed by atoms with E-state index < -0.39 is 11.9 Å². The number of hydrogen-bond donors (Lipinski definition) is 2. The van der Waals surface area contributed by atoms with E-state index in [0.717, 1.165) is 18.3 Å². The molecule has 3 saturated carbocycles. The first kappa shape index (κ1) is 18.7. The molecule has 0 aromatic carbocycles. The molecule has 0 radical (unpaired) electrons. The van der Waals surface area contributed by atoms with Crippen molar-refractivity contribution < 1.29 is 19.8 Å². The van der Waals surface area contributed by atoms with Gasteiger partial charge in [0.2, 0.25) is 0 Å². The van der Waals surface area contributed by atoms with Crippen molar-refractivity contribution in [2.75, 3.05) is 0 Å². The fourth-order valence-corrected chi connectivity index (χ4v) is 7.07. The summed E-state index contributed by atoms with van der Waals surface area (Å²) in [6, 6.07) is 0. The molecule has 0 aliphatic heterocycles. The zero-order valence-corrected chi connectivity index (χ0v) is 15.8. The number of rotatable bonds is 6. The Morgan fingerprint density at radius 1 is 0.920 bits per heavy atom. The summed E-state index contributed by atoms with van der Waals surface area (Å²) in [5.41, 5.74) is 0.490. The zero-order chi connectivity index (χ0) is 18.2. The maximum atomic E-state index is 11.3. The Kier molecular flexibility index (Phi) is 5.18. The molecule has 0 amide bonds. The highest BCUT2D eigenvalue weighted by molar-refractivity contribution is 5.67. The van der Waals surface area contributed by atoms with Gasteiger partial charge in [-0.1, -0.05) is 20.3 Å². The Morgan fingerprint density at radius 3 is 2.32 bits per heavy atom. The molecule has 142 valence electrons. The number of carboxylic acids is 2. The van der Waals surface area contributed by atoms with Gasteiger partial charge in [0, 0.05) is 12.8 Å². The summed E-state index contributed by atoms with van der Waals surface area (Å²) in [4.78, 5) is 22.4. The van der Waals surface area contributed by atoms with Gasteiger partial charge in [0.05, 0.1) is 0 Å². The molecule has 0 unspecified atom stereocenters. The molecule has 6 atom stereocenters. The average Bonchev–Trinajstić information content (AvgIpc) is 2.94. The van der Waals surface area contributed by atoms with Gasteiger partial charge in [-0.25, -0.2) is 0 Å². The fourth-order valence-electron chi connectivity index (χ4n) is 7.07. The molecule has 2 N–H and O–H groups in total. The molecule has 25 heavy (non-hydrogen) atoms. The third-order valence-corrected chi connectivity index (χ3v) is 8.43. The zero-order valence-electron chi connectivity index (χ0n) is 15.8. The van der Waals surface area contributed by atoms with E-state index in [4.69, 9.17) is 5.11 Å². The van der Waals surface area contributed by atoms with Crippen LogP contribution in [0.15, 0.2) is 0 Å². The molecule has 0 aromatic heterocycles. The van der Waals surface area contributed by atoms with E-state index in [1.54, 1.807) is 0 Å². The standard InChI is InChI=1S/C21H34O4/c1-20-11-3-4-16(20)15-7-5-14(6-8-18(22)23)21(2,13-10-19(24)25)17(15)9-12-20/h14-17H,3-13H2,1-2H3,(H,22,23)(H,24,25)/t14-,15+,16-,17-,20-,21-/m1/s1. The molecule has 0 bridgehead atoms. The second-order valence-electron chi connectivity index (χ2n) is 9.57. The van der Waals surface area contributed by atoms with Gasteiger partial charge in [0.25, 0.3) is 0 Å². The van der Waals surface area contributed by atoms with Gasteiger partial charge in [-0.15, -0.1) is 0 Å². The van der Waals surface area contributed by atoms with Gasteiger partial charge in [0.1, 0.15) is 0 Å². The number of carbonyl (C=O) groups is 2. The summed E-state index contributed by atoms with van der Waals surface area (Å²) in [7, 11) is 0. The van der Waals surface area contributed by atoms with Crippen LogP contribution in [0.2, 0.25) is 0 Å². The highest BCUT2D eigenvalue weighted by Gasteiger charge is 2.56. The summed E-state index contributed by atoms with van der Waals surface area (Å²) in [5.74, 6) is 1.01. The highest BCUT2D eigenvalue weighted by atomic mass is 16.4. The summed E-state index contributed by atoms with van der Waals surface area (Å²) in [5, 5.41) is 18.4. The SMILES string of the molecule is C[C@]12CCC[C@@H]1[C@@H]1CC[C@H](CCC(=O)O)[C@@](C)(CCC(=O)O)[C@@H]1CC2. The minimum Gasteiger partial charge on any atom is -0.481 e. The van der Waals surface area contributed by atoms with E-state index in [2.05, 4.69) is 13.8 Å². The van der Waals surface area contributed by atoms with Crippen LogP contribution >= 0.6 is 0 Å². The minimum atomic E-state index is -0.727. The second kappa shape index (κ2) is 6.92. The minimum absolute atomic E-state index is 0.0132. The smallest absolute Gasteiger partial charge is 0.303 e. The van der Waals surface area contributed by atoms with E-state index in [-0.39, 0.29) is 18.3 Å². The molecular weight excluding hydrogens is 316 g/mol. The van der Waals surface area contributed by atoms with Crippen LogP contribution in [0, 0.1) is 34.5 Å². The molecule has 0 saturated heterocycles. The van der Waals surface area contributed by atoms with E-state index >= 15 is 0 Å². The lowest BCUT2D eigenvalue weighted by molar-refractivity contribution is -0.142. The first-order valence-electron chi connectivity index (χ1n) is 10.2.